The van der Waals surface area contributed by atoms with E-state index in [-0.39, 0.29) is 17.0 Å². The SMILES string of the molecule is CCN(C(C)c1nc2cc(Cl)ccc2c(=O)n1-c1ccc(C)cc1)S(=O)(=O)c1ccc(C)cc1. The molecule has 0 aliphatic carbocycles. The third kappa shape index (κ3) is 4.39. The van der Waals surface area contributed by atoms with Crippen LogP contribution in [0, 0.1) is 13.8 Å². The molecule has 0 saturated carbocycles. The van der Waals surface area contributed by atoms with Crippen molar-refractivity contribution in [3.63, 3.8) is 0 Å². The van der Waals surface area contributed by atoms with Gasteiger partial charge in [-0.25, -0.2) is 13.4 Å². The normalized spacial score (nSPS) is 12.9. The van der Waals surface area contributed by atoms with E-state index in [2.05, 4.69) is 0 Å². The fraction of sp³-hybridized carbons (Fsp3) is 0.231. The first-order valence-corrected chi connectivity index (χ1v) is 12.8. The molecule has 4 aromatic rings. The lowest BCUT2D eigenvalue weighted by Gasteiger charge is -2.29. The highest BCUT2D eigenvalue weighted by molar-refractivity contribution is 7.89. The quantitative estimate of drug-likeness (QED) is 0.357. The van der Waals surface area contributed by atoms with Crippen molar-refractivity contribution in [1.29, 1.82) is 0 Å². The van der Waals surface area contributed by atoms with Gasteiger partial charge in [0.25, 0.3) is 5.56 Å². The fourth-order valence-corrected chi connectivity index (χ4v) is 5.79. The predicted octanol–water partition coefficient (Wildman–Crippen LogP) is 5.43. The molecule has 1 heterocycles. The second kappa shape index (κ2) is 9.33. The molecule has 1 atom stereocenters. The smallest absolute Gasteiger partial charge is 0.266 e. The summed E-state index contributed by atoms with van der Waals surface area (Å²) in [7, 11) is -3.84. The monoisotopic (exact) mass is 495 g/mol. The van der Waals surface area contributed by atoms with Crippen molar-refractivity contribution in [2.24, 2.45) is 0 Å². The van der Waals surface area contributed by atoms with E-state index in [0.29, 0.717) is 27.4 Å². The Morgan fingerprint density at radius 2 is 1.56 bits per heavy atom. The van der Waals surface area contributed by atoms with Crippen molar-refractivity contribution in [1.82, 2.24) is 13.9 Å². The van der Waals surface area contributed by atoms with Gasteiger partial charge in [-0.05, 0) is 63.2 Å². The molecular weight excluding hydrogens is 470 g/mol. The van der Waals surface area contributed by atoms with E-state index in [4.69, 9.17) is 16.6 Å². The Kier molecular flexibility index (Phi) is 6.62. The fourth-order valence-electron chi connectivity index (χ4n) is 4.03. The molecule has 8 heteroatoms. The van der Waals surface area contributed by atoms with Crippen LogP contribution in [0.1, 0.15) is 36.8 Å². The highest BCUT2D eigenvalue weighted by Crippen LogP contribution is 2.29. The number of aromatic nitrogens is 2. The summed E-state index contributed by atoms with van der Waals surface area (Å²) in [5, 5.41) is 0.857. The summed E-state index contributed by atoms with van der Waals surface area (Å²) in [5.74, 6) is 0.321. The zero-order chi connectivity index (χ0) is 24.6. The van der Waals surface area contributed by atoms with Crippen molar-refractivity contribution in [2.75, 3.05) is 6.54 Å². The number of sulfonamides is 1. The molecule has 34 heavy (non-hydrogen) atoms. The first-order valence-electron chi connectivity index (χ1n) is 11.0. The van der Waals surface area contributed by atoms with Crippen LogP contribution in [0.3, 0.4) is 0 Å². The molecule has 0 radical (unpaired) electrons. The lowest BCUT2D eigenvalue weighted by molar-refractivity contribution is 0.340. The van der Waals surface area contributed by atoms with E-state index in [1.807, 2.05) is 38.1 Å². The molecule has 0 amide bonds. The molecule has 176 valence electrons. The van der Waals surface area contributed by atoms with Gasteiger partial charge in [0.2, 0.25) is 10.0 Å². The van der Waals surface area contributed by atoms with Crippen LogP contribution in [0.25, 0.3) is 16.6 Å². The zero-order valence-electron chi connectivity index (χ0n) is 19.5. The minimum atomic E-state index is -3.84. The van der Waals surface area contributed by atoms with Gasteiger partial charge in [0.1, 0.15) is 5.82 Å². The molecule has 0 saturated heterocycles. The van der Waals surface area contributed by atoms with E-state index < -0.39 is 16.1 Å². The third-order valence-corrected chi connectivity index (χ3v) is 8.19. The molecule has 0 aliphatic heterocycles. The van der Waals surface area contributed by atoms with Crippen LogP contribution in [0.2, 0.25) is 5.02 Å². The largest absolute Gasteiger partial charge is 0.268 e. The first kappa shape index (κ1) is 24.1. The molecule has 4 rings (SSSR count). The van der Waals surface area contributed by atoms with Gasteiger partial charge in [0, 0.05) is 11.6 Å². The minimum Gasteiger partial charge on any atom is -0.268 e. The molecule has 3 aromatic carbocycles. The number of rotatable bonds is 6. The Labute approximate surface area is 204 Å². The Balaban J connectivity index is 1.95. The molecule has 0 bridgehead atoms. The highest BCUT2D eigenvalue weighted by Gasteiger charge is 2.32. The van der Waals surface area contributed by atoms with Gasteiger partial charge in [-0.1, -0.05) is 53.9 Å². The van der Waals surface area contributed by atoms with Crippen molar-refractivity contribution in [3.8, 4) is 5.69 Å². The van der Waals surface area contributed by atoms with Gasteiger partial charge >= 0.3 is 0 Å². The summed E-state index contributed by atoms with van der Waals surface area (Å²) in [4.78, 5) is 18.6. The van der Waals surface area contributed by atoms with Gasteiger partial charge in [-0.15, -0.1) is 0 Å². The number of benzene rings is 3. The van der Waals surface area contributed by atoms with Crippen molar-refractivity contribution >= 4 is 32.5 Å². The Morgan fingerprint density at radius 1 is 0.971 bits per heavy atom. The summed E-state index contributed by atoms with van der Waals surface area (Å²) < 4.78 is 30.0. The molecule has 0 fully saturated rings. The van der Waals surface area contributed by atoms with E-state index in [1.54, 1.807) is 56.3 Å². The zero-order valence-corrected chi connectivity index (χ0v) is 21.1. The van der Waals surface area contributed by atoms with Crippen LogP contribution in [0.4, 0.5) is 0 Å². The lowest BCUT2D eigenvalue weighted by Crippen LogP contribution is -2.37. The molecular formula is C26H26ClN3O3S. The minimum absolute atomic E-state index is 0.194. The molecule has 1 unspecified atom stereocenters. The Bertz CT molecular complexity index is 1510. The van der Waals surface area contributed by atoms with E-state index in [1.165, 1.54) is 8.87 Å². The van der Waals surface area contributed by atoms with Crippen molar-refractivity contribution in [3.05, 3.63) is 99.1 Å². The second-order valence-corrected chi connectivity index (χ2v) is 10.6. The average Bonchev–Trinajstić information content (AvgIpc) is 2.80. The number of fused-ring (bicyclic) bond motifs is 1. The topological polar surface area (TPSA) is 72.3 Å². The van der Waals surface area contributed by atoms with E-state index in [0.717, 1.165) is 11.1 Å². The van der Waals surface area contributed by atoms with E-state index in [9.17, 15) is 13.2 Å². The second-order valence-electron chi connectivity index (χ2n) is 8.30. The number of hydrogen-bond acceptors (Lipinski definition) is 4. The van der Waals surface area contributed by atoms with Crippen molar-refractivity contribution in [2.45, 2.75) is 38.6 Å². The number of aryl methyl sites for hydroxylation is 2. The summed E-state index contributed by atoms with van der Waals surface area (Å²) in [6.45, 7) is 7.59. The third-order valence-electron chi connectivity index (χ3n) is 5.89. The summed E-state index contributed by atoms with van der Waals surface area (Å²) in [6.07, 6.45) is 0. The van der Waals surface area contributed by atoms with Crippen molar-refractivity contribution < 1.29 is 8.42 Å². The van der Waals surface area contributed by atoms with Crippen LogP contribution < -0.4 is 5.56 Å². The maximum atomic E-state index is 13.6. The molecule has 0 spiro atoms. The Morgan fingerprint density at radius 3 is 2.15 bits per heavy atom. The van der Waals surface area contributed by atoms with Gasteiger partial charge < -0.3 is 0 Å². The van der Waals surface area contributed by atoms with Gasteiger partial charge in [-0.2, -0.15) is 4.31 Å². The van der Waals surface area contributed by atoms with Gasteiger partial charge in [-0.3, -0.25) is 9.36 Å². The predicted molar refractivity (Wildman–Crippen MR) is 136 cm³/mol. The van der Waals surface area contributed by atoms with Crippen LogP contribution in [0.15, 0.2) is 76.4 Å². The average molecular weight is 496 g/mol. The number of nitrogens with zero attached hydrogens (tertiary/aromatic N) is 3. The van der Waals surface area contributed by atoms with Crippen LogP contribution in [0.5, 0.6) is 0 Å². The summed E-state index contributed by atoms with van der Waals surface area (Å²) >= 11 is 6.18. The summed E-state index contributed by atoms with van der Waals surface area (Å²) in [6, 6.07) is 18.4. The molecule has 0 aliphatic rings. The highest BCUT2D eigenvalue weighted by atomic mass is 35.5. The maximum Gasteiger partial charge on any atom is 0.266 e. The van der Waals surface area contributed by atoms with E-state index >= 15 is 0 Å². The first-order chi connectivity index (χ1) is 16.1. The standard InChI is InChI=1S/C26H26ClN3O3S/c1-5-29(34(32,33)22-13-8-18(3)9-14-22)19(4)25-28-24-16-20(27)10-15-23(24)26(31)30(25)21-11-6-17(2)7-12-21/h6-16,19H,5H2,1-4H3. The lowest BCUT2D eigenvalue weighted by atomic mass is 10.2. The number of hydrogen-bond donors (Lipinski definition) is 0. The summed E-state index contributed by atoms with van der Waals surface area (Å²) in [5.41, 5.74) is 2.77. The molecule has 0 N–H and O–H groups in total. The molecule has 6 nitrogen and oxygen atoms in total. The Hall–Kier alpha value is -3.00. The van der Waals surface area contributed by atoms with Gasteiger partial charge in [0.05, 0.1) is 27.5 Å². The van der Waals surface area contributed by atoms with Crippen LogP contribution >= 0.6 is 11.6 Å². The van der Waals surface area contributed by atoms with Gasteiger partial charge in [0.15, 0.2) is 0 Å². The molecule has 1 aromatic heterocycles. The van der Waals surface area contributed by atoms with Crippen LogP contribution in [-0.2, 0) is 10.0 Å². The maximum absolute atomic E-state index is 13.6. The van der Waals surface area contributed by atoms with Crippen LogP contribution in [-0.4, -0.2) is 28.8 Å². The number of halogens is 1.